The van der Waals surface area contributed by atoms with Crippen LogP contribution in [-0.4, -0.2) is 53.1 Å². The third-order valence-corrected chi connectivity index (χ3v) is 7.32. The van der Waals surface area contributed by atoms with Crippen LogP contribution in [0.5, 0.6) is 0 Å². The van der Waals surface area contributed by atoms with Gasteiger partial charge in [0.15, 0.2) is 0 Å². The molecule has 0 N–H and O–H groups in total. The van der Waals surface area contributed by atoms with E-state index in [1.807, 2.05) is 0 Å². The summed E-state index contributed by atoms with van der Waals surface area (Å²) >= 11 is 0. The first-order chi connectivity index (χ1) is 11.6. The normalized spacial score (nSPS) is 17.6. The Kier molecular flexibility index (Phi) is 5.79. The number of rotatable bonds is 5. The van der Waals surface area contributed by atoms with Crippen molar-refractivity contribution < 1.29 is 35.1 Å². The van der Waals surface area contributed by atoms with E-state index in [0.29, 0.717) is 12.8 Å². The molecule has 7 nitrogen and oxygen atoms in total. The van der Waals surface area contributed by atoms with Crippen molar-refractivity contribution in [2.24, 2.45) is 5.92 Å². The van der Waals surface area contributed by atoms with Crippen LogP contribution >= 0.6 is 0 Å². The minimum atomic E-state index is -4.78. The highest BCUT2D eigenvalue weighted by Crippen LogP contribution is 2.26. The van der Waals surface area contributed by atoms with Gasteiger partial charge < -0.3 is 4.74 Å². The molecule has 1 aromatic rings. The summed E-state index contributed by atoms with van der Waals surface area (Å²) < 4.78 is 78.6. The number of ether oxygens (including phenoxy) is 1. The van der Waals surface area contributed by atoms with Crippen LogP contribution in [0.25, 0.3) is 0 Å². The largest absolute Gasteiger partial charge is 0.469 e. The molecular formula is C14H17F2NO6S2. The number of nitrogens with zero attached hydrogens (tertiary/aromatic N) is 1. The Bertz CT molecular complexity index is 829. The molecule has 0 unspecified atom stereocenters. The summed E-state index contributed by atoms with van der Waals surface area (Å²) in [5, 5.41) is 0. The summed E-state index contributed by atoms with van der Waals surface area (Å²) in [5.74, 6) is -4.33. The monoisotopic (exact) mass is 397 g/mol. The standard InChI is InChI=1S/C14H17F2NO6S2/c1-23-13(18)10-6-8-17(9-7-10)25(21,22)12-4-2-11(3-5-12)24(19,20)14(15)16/h2-5,10,14H,6-9H2,1H3. The fourth-order valence-corrected chi connectivity index (χ4v) is 4.74. The smallest absolute Gasteiger partial charge is 0.341 e. The zero-order chi connectivity index (χ0) is 18.8. The minimum absolute atomic E-state index is 0.110. The summed E-state index contributed by atoms with van der Waals surface area (Å²) in [5.41, 5.74) is 0. The number of carbonyl (C=O) groups excluding carboxylic acids is 1. The average Bonchev–Trinajstić information content (AvgIpc) is 2.61. The number of sulfone groups is 1. The molecule has 1 aliphatic heterocycles. The Morgan fingerprint density at radius 3 is 2.00 bits per heavy atom. The highest BCUT2D eigenvalue weighted by atomic mass is 32.2. The minimum Gasteiger partial charge on any atom is -0.469 e. The quantitative estimate of drug-likeness (QED) is 0.694. The summed E-state index contributed by atoms with van der Waals surface area (Å²) in [6.07, 6.45) is 0.619. The summed E-state index contributed by atoms with van der Waals surface area (Å²) in [7, 11) is -7.41. The highest BCUT2D eigenvalue weighted by Gasteiger charge is 2.33. The molecule has 1 fully saturated rings. The first-order valence-corrected chi connectivity index (χ1v) is 10.3. The number of esters is 1. The fourth-order valence-electron chi connectivity index (χ4n) is 2.55. The van der Waals surface area contributed by atoms with Crippen LogP contribution < -0.4 is 0 Å². The van der Waals surface area contributed by atoms with E-state index in [2.05, 4.69) is 4.74 Å². The molecule has 1 saturated heterocycles. The maximum Gasteiger partial charge on any atom is 0.341 e. The van der Waals surface area contributed by atoms with Crippen LogP contribution in [0.3, 0.4) is 0 Å². The van der Waals surface area contributed by atoms with Gasteiger partial charge >= 0.3 is 11.7 Å². The predicted molar refractivity (Wildman–Crippen MR) is 83.1 cm³/mol. The lowest BCUT2D eigenvalue weighted by Gasteiger charge is -2.29. The lowest BCUT2D eigenvalue weighted by molar-refractivity contribution is -0.146. The van der Waals surface area contributed by atoms with E-state index >= 15 is 0 Å². The molecule has 1 aliphatic rings. The van der Waals surface area contributed by atoms with E-state index in [-0.39, 0.29) is 23.9 Å². The van der Waals surface area contributed by atoms with Crippen molar-refractivity contribution in [1.82, 2.24) is 4.31 Å². The molecule has 0 radical (unpaired) electrons. The van der Waals surface area contributed by atoms with Gasteiger partial charge in [-0.05, 0) is 37.1 Å². The summed E-state index contributed by atoms with van der Waals surface area (Å²) in [6, 6.07) is 3.65. The van der Waals surface area contributed by atoms with Gasteiger partial charge in [-0.25, -0.2) is 16.8 Å². The van der Waals surface area contributed by atoms with E-state index in [0.717, 1.165) is 24.3 Å². The Morgan fingerprint density at radius 1 is 1.08 bits per heavy atom. The first kappa shape index (κ1) is 19.7. The number of halogens is 2. The van der Waals surface area contributed by atoms with Gasteiger partial charge in [-0.3, -0.25) is 4.79 Å². The van der Waals surface area contributed by atoms with Gasteiger partial charge in [0.2, 0.25) is 19.9 Å². The molecule has 0 bridgehead atoms. The number of carbonyl (C=O) groups is 1. The molecule has 0 aliphatic carbocycles. The second-order valence-electron chi connectivity index (χ2n) is 5.48. The first-order valence-electron chi connectivity index (χ1n) is 7.31. The van der Waals surface area contributed by atoms with Crippen molar-refractivity contribution in [3.8, 4) is 0 Å². The zero-order valence-electron chi connectivity index (χ0n) is 13.3. The molecule has 11 heteroatoms. The van der Waals surface area contributed by atoms with Gasteiger partial charge in [0.05, 0.1) is 22.8 Å². The number of alkyl halides is 2. The number of piperidine rings is 1. The molecule has 25 heavy (non-hydrogen) atoms. The third-order valence-electron chi connectivity index (χ3n) is 4.01. The molecule has 0 saturated carbocycles. The lowest BCUT2D eigenvalue weighted by atomic mass is 9.99. The predicted octanol–water partition coefficient (Wildman–Crippen LogP) is 1.26. The Balaban J connectivity index is 2.17. The van der Waals surface area contributed by atoms with Gasteiger partial charge in [0, 0.05) is 13.1 Å². The van der Waals surface area contributed by atoms with Gasteiger partial charge in [0.25, 0.3) is 0 Å². The van der Waals surface area contributed by atoms with Crippen molar-refractivity contribution >= 4 is 25.8 Å². The van der Waals surface area contributed by atoms with Crippen LogP contribution in [0.1, 0.15) is 12.8 Å². The van der Waals surface area contributed by atoms with E-state index in [4.69, 9.17) is 0 Å². The van der Waals surface area contributed by atoms with Gasteiger partial charge in [-0.15, -0.1) is 0 Å². The molecule has 1 aromatic carbocycles. The van der Waals surface area contributed by atoms with E-state index in [9.17, 15) is 30.4 Å². The van der Waals surface area contributed by atoms with Crippen LogP contribution in [0.4, 0.5) is 8.78 Å². The zero-order valence-corrected chi connectivity index (χ0v) is 14.9. The summed E-state index contributed by atoms with van der Waals surface area (Å²) in [4.78, 5) is 10.6. The van der Waals surface area contributed by atoms with Gasteiger partial charge in [-0.1, -0.05) is 0 Å². The molecule has 140 valence electrons. The highest BCUT2D eigenvalue weighted by molar-refractivity contribution is 7.91. The fraction of sp³-hybridized carbons (Fsp3) is 0.500. The molecule has 0 atom stereocenters. The lowest BCUT2D eigenvalue weighted by Crippen LogP contribution is -2.40. The maximum absolute atomic E-state index is 12.5. The SMILES string of the molecule is COC(=O)C1CCN(S(=O)(=O)c2ccc(S(=O)(=O)C(F)F)cc2)CC1. The molecular weight excluding hydrogens is 380 g/mol. The Morgan fingerprint density at radius 2 is 1.56 bits per heavy atom. The van der Waals surface area contributed by atoms with Crippen molar-refractivity contribution in [2.45, 2.75) is 28.4 Å². The Labute approximate surface area is 144 Å². The molecule has 1 heterocycles. The molecule has 2 rings (SSSR count). The van der Waals surface area contributed by atoms with Crippen molar-refractivity contribution in [2.75, 3.05) is 20.2 Å². The number of methoxy groups -OCH3 is 1. The van der Waals surface area contributed by atoms with E-state index in [1.165, 1.54) is 11.4 Å². The van der Waals surface area contributed by atoms with Crippen molar-refractivity contribution in [1.29, 1.82) is 0 Å². The van der Waals surface area contributed by atoms with Gasteiger partial charge in [-0.2, -0.15) is 13.1 Å². The van der Waals surface area contributed by atoms with Crippen molar-refractivity contribution in [3.05, 3.63) is 24.3 Å². The molecule has 0 spiro atoms. The van der Waals surface area contributed by atoms with Crippen LogP contribution in [-0.2, 0) is 29.4 Å². The van der Waals surface area contributed by atoms with Gasteiger partial charge in [0.1, 0.15) is 0 Å². The topological polar surface area (TPSA) is 97.8 Å². The third kappa shape index (κ3) is 3.98. The number of benzene rings is 1. The number of hydrogen-bond acceptors (Lipinski definition) is 6. The van der Waals surface area contributed by atoms with Crippen LogP contribution in [0.15, 0.2) is 34.1 Å². The second-order valence-corrected chi connectivity index (χ2v) is 9.33. The van der Waals surface area contributed by atoms with E-state index < -0.39 is 36.5 Å². The number of sulfonamides is 1. The molecule has 0 amide bonds. The van der Waals surface area contributed by atoms with Crippen molar-refractivity contribution in [3.63, 3.8) is 0 Å². The maximum atomic E-state index is 12.5. The molecule has 0 aromatic heterocycles. The van der Waals surface area contributed by atoms with Crippen LogP contribution in [0, 0.1) is 5.92 Å². The summed E-state index contributed by atoms with van der Waals surface area (Å²) in [6.45, 7) is 0.221. The average molecular weight is 397 g/mol. The Hall–Kier alpha value is -1.59. The number of hydrogen-bond donors (Lipinski definition) is 0. The van der Waals surface area contributed by atoms with E-state index in [1.54, 1.807) is 0 Å². The van der Waals surface area contributed by atoms with Crippen LogP contribution in [0.2, 0.25) is 0 Å². The second kappa shape index (κ2) is 7.34.